The monoisotopic (exact) mass is 335 g/mol. The number of rotatable bonds is 6. The van der Waals surface area contributed by atoms with Gasteiger partial charge in [-0.05, 0) is 50.2 Å². The second kappa shape index (κ2) is 6.82. The minimum Gasteiger partial charge on any atom is -0.494 e. The molecule has 1 aromatic carbocycles. The van der Waals surface area contributed by atoms with Crippen molar-refractivity contribution in [3.05, 3.63) is 30.5 Å². The quantitative estimate of drug-likeness (QED) is 0.868. The summed E-state index contributed by atoms with van der Waals surface area (Å²) in [6, 6.07) is 6.69. The second-order valence-corrected chi connectivity index (χ2v) is 7.35. The average Bonchev–Trinajstić information content (AvgIpc) is 3.07. The Balaban J connectivity index is 1.83. The average molecular weight is 335 g/mol. The fraction of sp³-hybridized carbons (Fsp3) is 0.438. The zero-order chi connectivity index (χ0) is 16.3. The molecule has 0 bridgehead atoms. The highest BCUT2D eigenvalue weighted by Gasteiger charge is 2.20. The van der Waals surface area contributed by atoms with E-state index in [2.05, 4.69) is 14.6 Å². The number of pyridine rings is 1. The Hall–Kier alpha value is -1.70. The summed E-state index contributed by atoms with van der Waals surface area (Å²) < 4.78 is 33.2. The largest absolute Gasteiger partial charge is 0.494 e. The van der Waals surface area contributed by atoms with Crippen molar-refractivity contribution in [2.75, 3.05) is 33.3 Å². The normalized spacial score (nSPS) is 16.0. The van der Waals surface area contributed by atoms with Crippen LogP contribution in [0.4, 0.5) is 0 Å². The van der Waals surface area contributed by atoms with Gasteiger partial charge in [-0.3, -0.25) is 4.98 Å². The highest BCUT2D eigenvalue weighted by atomic mass is 32.2. The van der Waals surface area contributed by atoms with Crippen LogP contribution in [0.25, 0.3) is 10.9 Å². The molecular weight excluding hydrogens is 314 g/mol. The van der Waals surface area contributed by atoms with E-state index in [9.17, 15) is 8.42 Å². The predicted molar refractivity (Wildman–Crippen MR) is 89.2 cm³/mol. The maximum Gasteiger partial charge on any atom is 0.241 e. The van der Waals surface area contributed by atoms with Crippen LogP contribution in [0, 0.1) is 0 Å². The lowest BCUT2D eigenvalue weighted by Gasteiger charge is -2.15. The molecule has 0 radical (unpaired) electrons. The summed E-state index contributed by atoms with van der Waals surface area (Å²) in [5, 5.41) is 0.570. The SMILES string of the molecule is COc1ccc(S(=O)(=O)NCCN2CCCC2)c2cccnc12. The standard InChI is InChI=1S/C16H21N3O3S/c1-22-14-6-7-15(13-5-4-8-17-16(13)14)23(20,21)18-9-12-19-10-2-3-11-19/h4-8,18H,2-3,9-12H2,1H3. The van der Waals surface area contributed by atoms with Crippen molar-refractivity contribution in [2.45, 2.75) is 17.7 Å². The van der Waals surface area contributed by atoms with Crippen molar-refractivity contribution < 1.29 is 13.2 Å². The number of benzene rings is 1. The highest BCUT2D eigenvalue weighted by Crippen LogP contribution is 2.28. The van der Waals surface area contributed by atoms with Gasteiger partial charge >= 0.3 is 0 Å². The van der Waals surface area contributed by atoms with Crippen molar-refractivity contribution in [1.29, 1.82) is 0 Å². The maximum absolute atomic E-state index is 12.6. The van der Waals surface area contributed by atoms with Crippen LogP contribution in [0.1, 0.15) is 12.8 Å². The molecule has 1 aromatic heterocycles. The van der Waals surface area contributed by atoms with Gasteiger partial charge in [-0.15, -0.1) is 0 Å². The van der Waals surface area contributed by atoms with E-state index >= 15 is 0 Å². The Kier molecular flexibility index (Phi) is 4.79. The van der Waals surface area contributed by atoms with E-state index in [1.165, 1.54) is 12.8 Å². The van der Waals surface area contributed by atoms with Crippen LogP contribution in [0.2, 0.25) is 0 Å². The summed E-state index contributed by atoms with van der Waals surface area (Å²) in [7, 11) is -2.03. The molecule has 1 saturated heterocycles. The van der Waals surface area contributed by atoms with Gasteiger partial charge in [-0.1, -0.05) is 0 Å². The van der Waals surface area contributed by atoms with Gasteiger partial charge in [-0.2, -0.15) is 0 Å². The van der Waals surface area contributed by atoms with Gasteiger partial charge in [0.05, 0.1) is 12.0 Å². The number of nitrogens with one attached hydrogen (secondary N) is 1. The van der Waals surface area contributed by atoms with E-state index in [4.69, 9.17) is 4.74 Å². The summed E-state index contributed by atoms with van der Waals surface area (Å²) in [6.07, 6.45) is 4.02. The Labute approximate surface area is 136 Å². The van der Waals surface area contributed by atoms with Crippen LogP contribution in [-0.4, -0.2) is 51.6 Å². The molecule has 124 valence electrons. The highest BCUT2D eigenvalue weighted by molar-refractivity contribution is 7.89. The molecule has 3 rings (SSSR count). The summed E-state index contributed by atoms with van der Waals surface area (Å²) in [6.45, 7) is 3.26. The van der Waals surface area contributed by atoms with Crippen LogP contribution in [-0.2, 0) is 10.0 Å². The van der Waals surface area contributed by atoms with E-state index in [1.807, 2.05) is 0 Å². The lowest BCUT2D eigenvalue weighted by Crippen LogP contribution is -2.33. The van der Waals surface area contributed by atoms with Gasteiger partial charge in [0.2, 0.25) is 10.0 Å². The minimum absolute atomic E-state index is 0.239. The van der Waals surface area contributed by atoms with E-state index in [-0.39, 0.29) is 4.90 Å². The number of methoxy groups -OCH3 is 1. The first-order valence-corrected chi connectivity index (χ1v) is 9.24. The molecule has 0 aliphatic carbocycles. The topological polar surface area (TPSA) is 71.5 Å². The van der Waals surface area contributed by atoms with Crippen LogP contribution in [0.3, 0.4) is 0 Å². The van der Waals surface area contributed by atoms with Crippen molar-refractivity contribution >= 4 is 20.9 Å². The summed E-state index contributed by atoms with van der Waals surface area (Å²) in [4.78, 5) is 6.76. The van der Waals surface area contributed by atoms with E-state index in [0.29, 0.717) is 23.2 Å². The molecule has 0 unspecified atom stereocenters. The molecule has 2 aromatic rings. The molecule has 1 N–H and O–H groups in total. The molecule has 6 nitrogen and oxygen atoms in total. The summed E-state index contributed by atoms with van der Waals surface area (Å²) in [5.74, 6) is 0.566. The number of sulfonamides is 1. The molecule has 1 fully saturated rings. The Bertz CT molecular complexity index is 786. The molecule has 7 heteroatoms. The van der Waals surface area contributed by atoms with E-state index < -0.39 is 10.0 Å². The number of ether oxygens (including phenoxy) is 1. The fourth-order valence-corrected chi connectivity index (χ4v) is 4.16. The van der Waals surface area contributed by atoms with Crippen molar-refractivity contribution in [3.8, 4) is 5.75 Å². The van der Waals surface area contributed by atoms with Crippen LogP contribution in [0.5, 0.6) is 5.75 Å². The number of aromatic nitrogens is 1. The van der Waals surface area contributed by atoms with Crippen molar-refractivity contribution in [3.63, 3.8) is 0 Å². The van der Waals surface area contributed by atoms with Crippen molar-refractivity contribution in [1.82, 2.24) is 14.6 Å². The van der Waals surface area contributed by atoms with Crippen LogP contribution >= 0.6 is 0 Å². The summed E-state index contributed by atoms with van der Waals surface area (Å²) in [5.41, 5.74) is 0.553. The zero-order valence-electron chi connectivity index (χ0n) is 13.2. The Morgan fingerprint density at radius 2 is 2.04 bits per heavy atom. The molecule has 0 spiro atoms. The van der Waals surface area contributed by atoms with Gasteiger partial charge in [0.15, 0.2) is 0 Å². The molecule has 0 saturated carbocycles. The number of likely N-dealkylation sites (tertiary alicyclic amines) is 1. The number of hydrogen-bond acceptors (Lipinski definition) is 5. The third-order valence-corrected chi connectivity index (χ3v) is 5.64. The van der Waals surface area contributed by atoms with Gasteiger partial charge in [0.1, 0.15) is 11.3 Å². The zero-order valence-corrected chi connectivity index (χ0v) is 14.0. The van der Waals surface area contributed by atoms with E-state index in [1.54, 1.807) is 37.6 Å². The second-order valence-electron chi connectivity index (χ2n) is 5.61. The Morgan fingerprint density at radius 1 is 1.26 bits per heavy atom. The third kappa shape index (κ3) is 3.46. The smallest absolute Gasteiger partial charge is 0.241 e. The van der Waals surface area contributed by atoms with Crippen molar-refractivity contribution in [2.24, 2.45) is 0 Å². The van der Waals surface area contributed by atoms with Gasteiger partial charge in [0, 0.05) is 24.7 Å². The lowest BCUT2D eigenvalue weighted by atomic mass is 10.2. The first-order valence-electron chi connectivity index (χ1n) is 7.75. The molecular formula is C16H21N3O3S. The molecule has 1 aliphatic heterocycles. The predicted octanol–water partition coefficient (Wildman–Crippen LogP) is 1.62. The Morgan fingerprint density at radius 3 is 2.78 bits per heavy atom. The maximum atomic E-state index is 12.6. The third-order valence-electron chi connectivity index (χ3n) is 4.12. The lowest BCUT2D eigenvalue weighted by molar-refractivity contribution is 0.344. The first kappa shape index (κ1) is 16.2. The fourth-order valence-electron chi connectivity index (χ4n) is 2.94. The summed E-state index contributed by atoms with van der Waals surface area (Å²) >= 11 is 0. The van der Waals surface area contributed by atoms with Crippen LogP contribution in [0.15, 0.2) is 35.4 Å². The molecule has 0 atom stereocenters. The number of fused-ring (bicyclic) bond motifs is 1. The van der Waals surface area contributed by atoms with Gasteiger partial charge < -0.3 is 9.64 Å². The molecule has 0 amide bonds. The minimum atomic E-state index is -3.58. The molecule has 1 aliphatic rings. The first-order chi connectivity index (χ1) is 11.1. The van der Waals surface area contributed by atoms with Gasteiger partial charge in [-0.25, -0.2) is 13.1 Å². The number of hydrogen-bond donors (Lipinski definition) is 1. The number of nitrogens with zero attached hydrogens (tertiary/aromatic N) is 2. The van der Waals surface area contributed by atoms with E-state index in [0.717, 1.165) is 19.6 Å². The molecule has 2 heterocycles. The van der Waals surface area contributed by atoms with Crippen LogP contribution < -0.4 is 9.46 Å². The molecule has 23 heavy (non-hydrogen) atoms. The van der Waals surface area contributed by atoms with Gasteiger partial charge in [0.25, 0.3) is 0 Å².